The molecule has 86 valence electrons. The molecule has 1 heterocycles. The Labute approximate surface area is 108 Å². The van der Waals surface area contributed by atoms with Gasteiger partial charge in [0.1, 0.15) is 0 Å². The highest BCUT2D eigenvalue weighted by molar-refractivity contribution is 7.64. The molecule has 2 rings (SSSR count). The molecular weight excluding hydrogens is 228 g/mol. The highest BCUT2D eigenvalue weighted by atomic mass is 32.1. The van der Waals surface area contributed by atoms with Gasteiger partial charge in [-0.05, 0) is 0 Å². The summed E-state index contributed by atoms with van der Waals surface area (Å²) >= 11 is 3.70. The molecule has 0 aliphatic heterocycles. The third-order valence-corrected chi connectivity index (χ3v) is 2.36. The maximum absolute atomic E-state index is 7.13. The van der Waals surface area contributed by atoms with Gasteiger partial charge in [-0.2, -0.15) is 4.57 Å². The summed E-state index contributed by atoms with van der Waals surface area (Å²) in [6.07, 6.45) is 2.11. The summed E-state index contributed by atoms with van der Waals surface area (Å²) in [5.41, 5.74) is 2.63. The van der Waals surface area contributed by atoms with E-state index in [9.17, 15) is 0 Å². The van der Waals surface area contributed by atoms with Crippen molar-refractivity contribution in [1.82, 2.24) is 0 Å². The normalized spacial score (nSPS) is 8.71. The number of thiocyanates is 1. The molecule has 0 aliphatic rings. The zero-order valence-corrected chi connectivity index (χ0v) is 10.5. The van der Waals surface area contributed by atoms with Crippen LogP contribution in [0.2, 0.25) is 0 Å². The number of nitrogens with zero attached hydrogens (tertiary/aromatic N) is 2. The summed E-state index contributed by atoms with van der Waals surface area (Å²) < 4.78 is 2.25. The van der Waals surface area contributed by atoms with Gasteiger partial charge >= 0.3 is 0 Å². The predicted molar refractivity (Wildman–Crippen MR) is 69.9 cm³/mol. The van der Waals surface area contributed by atoms with Crippen molar-refractivity contribution in [2.45, 2.75) is 13.5 Å². The second-order valence-electron chi connectivity index (χ2n) is 3.55. The topological polar surface area (TPSA) is 27.7 Å². The molecule has 2 aromatic rings. The van der Waals surface area contributed by atoms with Crippen LogP contribution in [0.4, 0.5) is 0 Å². The van der Waals surface area contributed by atoms with E-state index in [0.717, 1.165) is 6.54 Å². The van der Waals surface area contributed by atoms with Gasteiger partial charge in [-0.1, -0.05) is 41.8 Å². The quantitative estimate of drug-likeness (QED) is 0.459. The van der Waals surface area contributed by atoms with E-state index in [1.807, 2.05) is 6.07 Å². The van der Waals surface area contributed by atoms with Crippen molar-refractivity contribution in [3.05, 3.63) is 66.0 Å². The minimum Gasteiger partial charge on any atom is -0.696 e. The Morgan fingerprint density at radius 1 is 1.12 bits per heavy atom. The summed E-state index contributed by atoms with van der Waals surface area (Å²) in [4.78, 5) is 0. The standard InChI is InChI=1S/C13H14N.CHNS/c1-12-7-5-6-10-14(12)11-13-8-3-2-4-9-13;2-1-3/h2-10H,11H2,1H3;3H/q+1;/p-1. The lowest BCUT2D eigenvalue weighted by molar-refractivity contribution is -0.694. The Morgan fingerprint density at radius 2 is 1.71 bits per heavy atom. The average Bonchev–Trinajstić information content (AvgIpc) is 2.35. The number of rotatable bonds is 2. The molecule has 0 saturated carbocycles. The van der Waals surface area contributed by atoms with Crippen LogP contribution in [0.3, 0.4) is 0 Å². The van der Waals surface area contributed by atoms with Gasteiger partial charge in [0.15, 0.2) is 18.4 Å². The number of aryl methyl sites for hydroxylation is 1. The lowest BCUT2D eigenvalue weighted by atomic mass is 10.2. The number of hydrogen-bond donors (Lipinski definition) is 0. The van der Waals surface area contributed by atoms with Crippen LogP contribution in [0.5, 0.6) is 0 Å². The van der Waals surface area contributed by atoms with Crippen LogP contribution in [0, 0.1) is 17.6 Å². The molecule has 0 aliphatic carbocycles. The minimum absolute atomic E-state index is 0.952. The highest BCUT2D eigenvalue weighted by Crippen LogP contribution is 1.98. The Morgan fingerprint density at radius 3 is 2.29 bits per heavy atom. The molecule has 0 spiro atoms. The Kier molecular flexibility index (Phi) is 5.70. The van der Waals surface area contributed by atoms with Crippen molar-refractivity contribution in [3.8, 4) is 5.40 Å². The van der Waals surface area contributed by atoms with E-state index in [1.165, 1.54) is 16.7 Å². The molecule has 1 aromatic heterocycles. The number of aromatic nitrogens is 1. The van der Waals surface area contributed by atoms with E-state index < -0.39 is 0 Å². The van der Waals surface area contributed by atoms with E-state index in [-0.39, 0.29) is 0 Å². The second-order valence-corrected chi connectivity index (χ2v) is 3.73. The molecule has 0 N–H and O–H groups in total. The number of nitriles is 1. The van der Waals surface area contributed by atoms with Crippen molar-refractivity contribution >= 4 is 12.6 Å². The van der Waals surface area contributed by atoms with Crippen LogP contribution in [-0.2, 0) is 19.2 Å². The first-order valence-electron chi connectivity index (χ1n) is 5.28. The Hall–Kier alpha value is -1.92. The fourth-order valence-electron chi connectivity index (χ4n) is 1.52. The van der Waals surface area contributed by atoms with Crippen LogP contribution in [0.25, 0.3) is 0 Å². The van der Waals surface area contributed by atoms with Gasteiger partial charge in [-0.15, -0.1) is 0 Å². The minimum atomic E-state index is 0.952. The van der Waals surface area contributed by atoms with E-state index >= 15 is 0 Å². The molecule has 0 bridgehead atoms. The Bertz CT molecular complexity index is 489. The van der Waals surface area contributed by atoms with Crippen LogP contribution in [-0.4, -0.2) is 0 Å². The lowest BCUT2D eigenvalue weighted by Gasteiger charge is -1.99. The van der Waals surface area contributed by atoms with Crippen LogP contribution < -0.4 is 4.57 Å². The number of pyridine rings is 1. The first-order valence-corrected chi connectivity index (χ1v) is 5.69. The summed E-state index contributed by atoms with van der Waals surface area (Å²) in [6.45, 7) is 3.08. The van der Waals surface area contributed by atoms with Crippen LogP contribution >= 0.6 is 0 Å². The second kappa shape index (κ2) is 7.37. The van der Waals surface area contributed by atoms with Gasteiger partial charge in [0.2, 0.25) is 0 Å². The molecule has 2 nitrogen and oxygen atoms in total. The molecule has 0 amide bonds. The highest BCUT2D eigenvalue weighted by Gasteiger charge is 2.04. The molecule has 0 atom stereocenters. The lowest BCUT2D eigenvalue weighted by Crippen LogP contribution is -2.36. The van der Waals surface area contributed by atoms with Gasteiger partial charge in [-0.25, -0.2) is 5.26 Å². The number of benzene rings is 1. The van der Waals surface area contributed by atoms with E-state index in [2.05, 4.69) is 72.8 Å². The third kappa shape index (κ3) is 4.62. The number of hydrogen-bond acceptors (Lipinski definition) is 2. The first-order chi connectivity index (χ1) is 8.27. The van der Waals surface area contributed by atoms with Crippen molar-refractivity contribution < 1.29 is 4.57 Å². The summed E-state index contributed by atoms with van der Waals surface area (Å²) in [7, 11) is 0. The van der Waals surface area contributed by atoms with Gasteiger partial charge in [-0.3, -0.25) is 0 Å². The predicted octanol–water partition coefficient (Wildman–Crippen LogP) is 2.35. The molecule has 0 unspecified atom stereocenters. The van der Waals surface area contributed by atoms with Crippen molar-refractivity contribution in [2.75, 3.05) is 0 Å². The van der Waals surface area contributed by atoms with Gasteiger partial charge in [0, 0.05) is 24.6 Å². The monoisotopic (exact) mass is 242 g/mol. The average molecular weight is 242 g/mol. The maximum atomic E-state index is 7.13. The first kappa shape index (κ1) is 13.1. The fourth-order valence-corrected chi connectivity index (χ4v) is 1.52. The smallest absolute Gasteiger partial charge is 0.178 e. The van der Waals surface area contributed by atoms with Crippen molar-refractivity contribution in [1.29, 1.82) is 5.26 Å². The zero-order valence-electron chi connectivity index (χ0n) is 9.71. The Balaban J connectivity index is 0.000000437. The fraction of sp³-hybridized carbons (Fsp3) is 0.143. The maximum Gasteiger partial charge on any atom is 0.178 e. The largest absolute Gasteiger partial charge is 0.696 e. The molecule has 0 radical (unpaired) electrons. The van der Waals surface area contributed by atoms with Gasteiger partial charge in [0.05, 0.1) is 0 Å². The van der Waals surface area contributed by atoms with Crippen LogP contribution in [0.1, 0.15) is 11.3 Å². The zero-order chi connectivity index (χ0) is 12.5. The summed E-state index contributed by atoms with van der Waals surface area (Å²) in [5.74, 6) is 0. The molecule has 1 aromatic carbocycles. The molecule has 0 saturated heterocycles. The molecule has 17 heavy (non-hydrogen) atoms. The van der Waals surface area contributed by atoms with E-state index in [0.29, 0.717) is 0 Å². The van der Waals surface area contributed by atoms with Crippen molar-refractivity contribution in [3.63, 3.8) is 0 Å². The molecule has 0 fully saturated rings. The van der Waals surface area contributed by atoms with Crippen LogP contribution in [0.15, 0.2) is 54.7 Å². The SMILES string of the molecule is Cc1cccc[n+]1Cc1ccccc1.N#C[S-]. The molecular formula is C14H14N2S. The summed E-state index contributed by atoms with van der Waals surface area (Å²) in [6, 6.07) is 16.8. The summed E-state index contributed by atoms with van der Waals surface area (Å²) in [5, 5.41) is 8.47. The van der Waals surface area contributed by atoms with Gasteiger partial charge in [0.25, 0.3) is 0 Å². The molecule has 3 heteroatoms. The van der Waals surface area contributed by atoms with E-state index in [4.69, 9.17) is 5.26 Å². The van der Waals surface area contributed by atoms with Gasteiger partial charge < -0.3 is 12.6 Å². The van der Waals surface area contributed by atoms with Crippen molar-refractivity contribution in [2.24, 2.45) is 0 Å². The third-order valence-electron chi connectivity index (χ3n) is 2.36. The van der Waals surface area contributed by atoms with E-state index in [1.54, 1.807) is 0 Å².